The van der Waals surface area contributed by atoms with E-state index in [0.29, 0.717) is 19.0 Å². The SMILES string of the molecule is CCOc1cccc(N2CCN(C(C)(C)CN)CC2)n1. The molecular formula is C15H26N4O. The number of pyridine rings is 1. The van der Waals surface area contributed by atoms with Gasteiger partial charge in [0.1, 0.15) is 5.82 Å². The van der Waals surface area contributed by atoms with Crippen LogP contribution in [0.3, 0.4) is 0 Å². The highest BCUT2D eigenvalue weighted by Gasteiger charge is 2.28. The molecule has 0 saturated carbocycles. The lowest BCUT2D eigenvalue weighted by atomic mass is 10.0. The number of aromatic nitrogens is 1. The number of anilines is 1. The molecule has 5 nitrogen and oxygen atoms in total. The molecule has 1 aliphatic rings. The Bertz CT molecular complexity index is 428. The summed E-state index contributed by atoms with van der Waals surface area (Å²) in [5, 5.41) is 0. The highest BCUT2D eigenvalue weighted by molar-refractivity contribution is 5.41. The molecule has 2 N–H and O–H groups in total. The van der Waals surface area contributed by atoms with E-state index in [-0.39, 0.29) is 5.54 Å². The van der Waals surface area contributed by atoms with Gasteiger partial charge in [0.15, 0.2) is 0 Å². The maximum Gasteiger partial charge on any atom is 0.215 e. The van der Waals surface area contributed by atoms with E-state index < -0.39 is 0 Å². The smallest absolute Gasteiger partial charge is 0.215 e. The Morgan fingerprint density at radius 2 is 1.95 bits per heavy atom. The Labute approximate surface area is 121 Å². The van der Waals surface area contributed by atoms with E-state index in [9.17, 15) is 0 Å². The van der Waals surface area contributed by atoms with Crippen molar-refractivity contribution in [3.8, 4) is 5.88 Å². The standard InChI is InChI=1S/C15H26N4O/c1-4-20-14-7-5-6-13(17-14)18-8-10-19(11-9-18)15(2,3)12-16/h5-7H,4,8-12,16H2,1-3H3. The van der Waals surface area contributed by atoms with Crippen molar-refractivity contribution >= 4 is 5.82 Å². The Kier molecular flexibility index (Phi) is 4.83. The molecule has 0 amide bonds. The van der Waals surface area contributed by atoms with Gasteiger partial charge in [0, 0.05) is 44.3 Å². The van der Waals surface area contributed by atoms with Gasteiger partial charge in [-0.2, -0.15) is 4.98 Å². The van der Waals surface area contributed by atoms with Crippen LogP contribution in [0.1, 0.15) is 20.8 Å². The molecule has 2 heterocycles. The summed E-state index contributed by atoms with van der Waals surface area (Å²) in [5.41, 5.74) is 5.93. The molecule has 2 rings (SSSR count). The van der Waals surface area contributed by atoms with Gasteiger partial charge in [-0.1, -0.05) is 6.07 Å². The Hall–Kier alpha value is -1.33. The Balaban J connectivity index is 1.98. The van der Waals surface area contributed by atoms with Crippen LogP contribution in [0.25, 0.3) is 0 Å². The van der Waals surface area contributed by atoms with Crippen LogP contribution < -0.4 is 15.4 Å². The van der Waals surface area contributed by atoms with Gasteiger partial charge in [-0.15, -0.1) is 0 Å². The van der Waals surface area contributed by atoms with Crippen molar-refractivity contribution in [2.75, 3.05) is 44.2 Å². The summed E-state index contributed by atoms with van der Waals surface area (Å²) in [5.74, 6) is 1.70. The molecule has 5 heteroatoms. The zero-order chi connectivity index (χ0) is 14.6. The molecule has 1 aromatic rings. The van der Waals surface area contributed by atoms with Gasteiger partial charge in [-0.3, -0.25) is 4.90 Å². The van der Waals surface area contributed by atoms with Crippen molar-refractivity contribution < 1.29 is 4.74 Å². The average molecular weight is 278 g/mol. The fourth-order valence-electron chi connectivity index (χ4n) is 2.48. The molecule has 0 spiro atoms. The molecule has 0 aromatic carbocycles. The van der Waals surface area contributed by atoms with E-state index in [4.69, 9.17) is 10.5 Å². The Morgan fingerprint density at radius 3 is 2.55 bits per heavy atom. The third-order valence-corrected chi connectivity index (χ3v) is 3.96. The Morgan fingerprint density at radius 1 is 1.25 bits per heavy atom. The van der Waals surface area contributed by atoms with E-state index >= 15 is 0 Å². The maximum atomic E-state index is 5.85. The molecule has 112 valence electrons. The second kappa shape index (κ2) is 6.41. The summed E-state index contributed by atoms with van der Waals surface area (Å²) in [6.07, 6.45) is 0. The second-order valence-electron chi connectivity index (χ2n) is 5.76. The number of nitrogens with two attached hydrogens (primary N) is 1. The molecule has 1 aromatic heterocycles. The summed E-state index contributed by atoms with van der Waals surface area (Å²) in [4.78, 5) is 9.32. The van der Waals surface area contributed by atoms with Crippen LogP contribution in [-0.4, -0.2) is 54.8 Å². The zero-order valence-corrected chi connectivity index (χ0v) is 12.8. The predicted octanol–water partition coefficient (Wildman–Crippen LogP) is 1.34. The van der Waals surface area contributed by atoms with Gasteiger partial charge in [-0.25, -0.2) is 0 Å². The van der Waals surface area contributed by atoms with Crippen LogP contribution >= 0.6 is 0 Å². The highest BCUT2D eigenvalue weighted by atomic mass is 16.5. The molecular weight excluding hydrogens is 252 g/mol. The summed E-state index contributed by atoms with van der Waals surface area (Å²) < 4.78 is 5.47. The highest BCUT2D eigenvalue weighted by Crippen LogP contribution is 2.20. The van der Waals surface area contributed by atoms with Crippen molar-refractivity contribution in [1.82, 2.24) is 9.88 Å². The number of piperazine rings is 1. The lowest BCUT2D eigenvalue weighted by Gasteiger charge is -2.43. The van der Waals surface area contributed by atoms with Gasteiger partial charge in [0.25, 0.3) is 0 Å². The van der Waals surface area contributed by atoms with E-state index in [1.54, 1.807) is 0 Å². The number of nitrogens with zero attached hydrogens (tertiary/aromatic N) is 3. The van der Waals surface area contributed by atoms with Crippen LogP contribution in [0.2, 0.25) is 0 Å². The van der Waals surface area contributed by atoms with Crippen molar-refractivity contribution in [2.45, 2.75) is 26.3 Å². The van der Waals surface area contributed by atoms with Gasteiger partial charge in [0.05, 0.1) is 6.61 Å². The van der Waals surface area contributed by atoms with Crippen LogP contribution in [0.5, 0.6) is 5.88 Å². The summed E-state index contributed by atoms with van der Waals surface area (Å²) >= 11 is 0. The van der Waals surface area contributed by atoms with Gasteiger partial charge in [0.2, 0.25) is 5.88 Å². The minimum Gasteiger partial charge on any atom is -0.478 e. The molecule has 1 saturated heterocycles. The third kappa shape index (κ3) is 3.41. The van der Waals surface area contributed by atoms with Crippen LogP contribution in [-0.2, 0) is 0 Å². The van der Waals surface area contributed by atoms with Crippen molar-refractivity contribution in [3.05, 3.63) is 18.2 Å². The number of ether oxygens (including phenoxy) is 1. The fraction of sp³-hybridized carbons (Fsp3) is 0.667. The molecule has 0 bridgehead atoms. The quantitative estimate of drug-likeness (QED) is 0.881. The maximum absolute atomic E-state index is 5.85. The average Bonchev–Trinajstić information content (AvgIpc) is 2.48. The minimum absolute atomic E-state index is 0.0761. The van der Waals surface area contributed by atoms with Crippen LogP contribution in [0.15, 0.2) is 18.2 Å². The van der Waals surface area contributed by atoms with Gasteiger partial charge in [-0.05, 0) is 26.8 Å². The minimum atomic E-state index is 0.0761. The number of hydrogen-bond acceptors (Lipinski definition) is 5. The monoisotopic (exact) mass is 278 g/mol. The topological polar surface area (TPSA) is 54.6 Å². The van der Waals surface area contributed by atoms with E-state index in [0.717, 1.165) is 32.0 Å². The molecule has 0 aliphatic carbocycles. The molecule has 0 atom stereocenters. The molecule has 1 fully saturated rings. The first-order chi connectivity index (χ1) is 9.56. The largest absolute Gasteiger partial charge is 0.478 e. The van der Waals surface area contributed by atoms with Gasteiger partial charge >= 0.3 is 0 Å². The first-order valence-corrected chi connectivity index (χ1v) is 7.37. The summed E-state index contributed by atoms with van der Waals surface area (Å²) in [7, 11) is 0. The lowest BCUT2D eigenvalue weighted by molar-refractivity contribution is 0.119. The third-order valence-electron chi connectivity index (χ3n) is 3.96. The molecule has 1 aliphatic heterocycles. The number of hydrogen-bond donors (Lipinski definition) is 1. The fourth-order valence-corrected chi connectivity index (χ4v) is 2.48. The van der Waals surface area contributed by atoms with Crippen LogP contribution in [0, 0.1) is 0 Å². The lowest BCUT2D eigenvalue weighted by Crippen LogP contribution is -2.57. The van der Waals surface area contributed by atoms with E-state index in [2.05, 4.69) is 28.6 Å². The van der Waals surface area contributed by atoms with Crippen molar-refractivity contribution in [1.29, 1.82) is 0 Å². The molecule has 0 radical (unpaired) electrons. The predicted molar refractivity (Wildman–Crippen MR) is 82.3 cm³/mol. The van der Waals surface area contributed by atoms with E-state index in [1.165, 1.54) is 0 Å². The van der Waals surface area contributed by atoms with Crippen LogP contribution in [0.4, 0.5) is 5.82 Å². The van der Waals surface area contributed by atoms with Crippen molar-refractivity contribution in [2.24, 2.45) is 5.73 Å². The first-order valence-electron chi connectivity index (χ1n) is 7.37. The van der Waals surface area contributed by atoms with E-state index in [1.807, 2.05) is 25.1 Å². The summed E-state index contributed by atoms with van der Waals surface area (Å²) in [6, 6.07) is 5.95. The van der Waals surface area contributed by atoms with Crippen molar-refractivity contribution in [3.63, 3.8) is 0 Å². The normalized spacial score (nSPS) is 17.3. The molecule has 0 unspecified atom stereocenters. The summed E-state index contributed by atoms with van der Waals surface area (Å²) in [6.45, 7) is 11.7. The molecule has 20 heavy (non-hydrogen) atoms. The zero-order valence-electron chi connectivity index (χ0n) is 12.8. The van der Waals surface area contributed by atoms with Gasteiger partial charge < -0.3 is 15.4 Å². The second-order valence-corrected chi connectivity index (χ2v) is 5.76. The number of rotatable bonds is 5. The first kappa shape index (κ1) is 15.1.